The van der Waals surface area contributed by atoms with Gasteiger partial charge >= 0.3 is 11.9 Å². The summed E-state index contributed by atoms with van der Waals surface area (Å²) in [6.07, 6.45) is 0. The predicted octanol–water partition coefficient (Wildman–Crippen LogP) is 3.11. The average Bonchev–Trinajstić information content (AvgIpc) is 3.03. The molecule has 0 spiro atoms. The summed E-state index contributed by atoms with van der Waals surface area (Å²) in [5, 5.41) is 0. The number of halogens is 1. The lowest BCUT2D eigenvalue weighted by atomic mass is 10.1. The van der Waals surface area contributed by atoms with Gasteiger partial charge in [0.1, 0.15) is 0 Å². The minimum absolute atomic E-state index is 0.00108. The summed E-state index contributed by atoms with van der Waals surface area (Å²) in [6.45, 7) is 0. The summed E-state index contributed by atoms with van der Waals surface area (Å²) in [5.74, 6) is -2.54. The van der Waals surface area contributed by atoms with Gasteiger partial charge in [-0.25, -0.2) is 19.0 Å². The van der Waals surface area contributed by atoms with E-state index in [1.54, 1.807) is 42.5 Å². The van der Waals surface area contributed by atoms with Crippen LogP contribution in [0.2, 0.25) is 0 Å². The fourth-order valence-electron chi connectivity index (χ4n) is 2.24. The third kappa shape index (κ3) is 2.81. The third-order valence-electron chi connectivity index (χ3n) is 3.39. The van der Waals surface area contributed by atoms with Crippen LogP contribution in [-0.4, -0.2) is 24.9 Å². The van der Waals surface area contributed by atoms with E-state index in [1.165, 1.54) is 19.2 Å². The van der Waals surface area contributed by atoms with Crippen molar-refractivity contribution in [3.8, 4) is 0 Å². The molecule has 1 aliphatic heterocycles. The summed E-state index contributed by atoms with van der Waals surface area (Å²) in [6, 6.07) is 14.6. The van der Waals surface area contributed by atoms with Crippen molar-refractivity contribution in [2.24, 2.45) is 4.99 Å². The van der Waals surface area contributed by atoms with Gasteiger partial charge in [0.05, 0.1) is 12.7 Å². The quantitative estimate of drug-likeness (QED) is 0.642. The van der Waals surface area contributed by atoms with E-state index in [9.17, 15) is 14.0 Å². The molecular weight excluding hydrogens is 313 g/mol. The Bertz CT molecular complexity index is 872. The van der Waals surface area contributed by atoms with E-state index in [4.69, 9.17) is 4.74 Å². The molecule has 1 aliphatic rings. The number of carbonyl (C=O) groups is 2. The average molecular weight is 325 g/mol. The van der Waals surface area contributed by atoms with Crippen LogP contribution in [0.4, 0.5) is 4.39 Å². The van der Waals surface area contributed by atoms with Gasteiger partial charge in [-0.2, -0.15) is 0 Å². The Balaban J connectivity index is 2.08. The molecule has 0 radical (unpaired) electrons. The zero-order chi connectivity index (χ0) is 17.1. The highest BCUT2D eigenvalue weighted by Gasteiger charge is 2.30. The van der Waals surface area contributed by atoms with Crippen LogP contribution in [-0.2, 0) is 14.3 Å². The number of hydrogen-bond donors (Lipinski definition) is 0. The first-order valence-electron chi connectivity index (χ1n) is 7.05. The number of rotatable bonds is 3. The minimum Gasteiger partial charge on any atom is -0.465 e. The molecule has 5 nitrogen and oxygen atoms in total. The number of nitrogens with zero attached hydrogens (tertiary/aromatic N) is 1. The molecule has 0 aliphatic carbocycles. The standard InChI is InChI=1S/C18H12FNO4/c1-23-17(21)13-10-6-5-9-12(13)14(19)15-18(22)24-16(20-15)11-7-3-2-4-8-11/h2-10H,1H3/b15-14-. The number of benzene rings is 2. The van der Waals surface area contributed by atoms with Crippen LogP contribution in [0.3, 0.4) is 0 Å². The van der Waals surface area contributed by atoms with Gasteiger partial charge < -0.3 is 9.47 Å². The highest BCUT2D eigenvalue weighted by molar-refractivity contribution is 6.14. The number of ether oxygens (including phenoxy) is 2. The molecule has 24 heavy (non-hydrogen) atoms. The van der Waals surface area contributed by atoms with Crippen molar-refractivity contribution in [2.75, 3.05) is 7.11 Å². The number of carbonyl (C=O) groups excluding carboxylic acids is 2. The van der Waals surface area contributed by atoms with Crippen LogP contribution in [0.15, 0.2) is 65.3 Å². The van der Waals surface area contributed by atoms with Gasteiger partial charge in [0.2, 0.25) is 5.90 Å². The smallest absolute Gasteiger partial charge is 0.366 e. The minimum atomic E-state index is -0.938. The van der Waals surface area contributed by atoms with Gasteiger partial charge in [0.25, 0.3) is 0 Å². The Hall–Kier alpha value is -3.28. The molecule has 6 heteroatoms. The van der Waals surface area contributed by atoms with Crippen LogP contribution in [0, 0.1) is 0 Å². The third-order valence-corrected chi connectivity index (χ3v) is 3.39. The van der Waals surface area contributed by atoms with E-state index in [1.807, 2.05) is 0 Å². The van der Waals surface area contributed by atoms with Crippen LogP contribution in [0.5, 0.6) is 0 Å². The summed E-state index contributed by atoms with van der Waals surface area (Å²) in [4.78, 5) is 27.7. The topological polar surface area (TPSA) is 65.0 Å². The summed E-state index contributed by atoms with van der Waals surface area (Å²) >= 11 is 0. The van der Waals surface area contributed by atoms with E-state index < -0.39 is 23.5 Å². The van der Waals surface area contributed by atoms with Gasteiger partial charge in [-0.15, -0.1) is 0 Å². The maximum Gasteiger partial charge on any atom is 0.366 e. The van der Waals surface area contributed by atoms with Crippen molar-refractivity contribution in [3.63, 3.8) is 0 Å². The second kappa shape index (κ2) is 6.45. The Kier molecular flexibility index (Phi) is 4.20. The van der Waals surface area contributed by atoms with Crippen molar-refractivity contribution in [3.05, 3.63) is 77.0 Å². The van der Waals surface area contributed by atoms with Crippen molar-refractivity contribution in [1.29, 1.82) is 0 Å². The molecule has 2 aromatic rings. The van der Waals surface area contributed by atoms with E-state index in [0.29, 0.717) is 5.56 Å². The largest absolute Gasteiger partial charge is 0.465 e. The van der Waals surface area contributed by atoms with Crippen molar-refractivity contribution in [2.45, 2.75) is 0 Å². The van der Waals surface area contributed by atoms with E-state index in [-0.39, 0.29) is 17.0 Å². The number of hydrogen-bond acceptors (Lipinski definition) is 5. The maximum atomic E-state index is 14.8. The number of esters is 2. The summed E-state index contributed by atoms with van der Waals surface area (Å²) < 4.78 is 24.5. The molecule has 0 aromatic heterocycles. The van der Waals surface area contributed by atoms with Gasteiger partial charge in [-0.05, 0) is 18.2 Å². The first kappa shape index (κ1) is 15.6. The summed E-state index contributed by atoms with van der Waals surface area (Å²) in [7, 11) is 1.19. The number of cyclic esters (lactones) is 1. The molecule has 0 saturated carbocycles. The molecule has 0 N–H and O–H groups in total. The SMILES string of the molecule is COC(=O)c1ccccc1/C(F)=C1/N=C(c2ccccc2)OC1=O. The molecule has 0 amide bonds. The van der Waals surface area contributed by atoms with Crippen LogP contribution in [0.25, 0.3) is 5.83 Å². The van der Waals surface area contributed by atoms with Gasteiger partial charge in [0.15, 0.2) is 11.5 Å². The Morgan fingerprint density at radius 2 is 1.67 bits per heavy atom. The van der Waals surface area contributed by atoms with Crippen LogP contribution >= 0.6 is 0 Å². The number of aliphatic imine (C=N–C) groups is 1. The van der Waals surface area contributed by atoms with Gasteiger partial charge in [0, 0.05) is 11.1 Å². The Labute approximate surface area is 137 Å². The summed E-state index contributed by atoms with van der Waals surface area (Å²) in [5.41, 5.74) is -0.00404. The zero-order valence-electron chi connectivity index (χ0n) is 12.7. The number of methoxy groups -OCH3 is 1. The molecular formula is C18H12FNO4. The molecule has 120 valence electrons. The first-order chi connectivity index (χ1) is 11.6. The molecule has 0 bridgehead atoms. The normalized spacial score (nSPS) is 15.6. The Morgan fingerprint density at radius 1 is 1.04 bits per heavy atom. The lowest BCUT2D eigenvalue weighted by Crippen LogP contribution is -2.07. The molecule has 2 aromatic carbocycles. The predicted molar refractivity (Wildman–Crippen MR) is 84.9 cm³/mol. The van der Waals surface area contributed by atoms with E-state index in [2.05, 4.69) is 9.73 Å². The molecule has 0 saturated heterocycles. The van der Waals surface area contributed by atoms with E-state index >= 15 is 0 Å². The second-order valence-corrected chi connectivity index (χ2v) is 4.87. The van der Waals surface area contributed by atoms with Crippen molar-refractivity contribution < 1.29 is 23.5 Å². The van der Waals surface area contributed by atoms with Gasteiger partial charge in [-0.1, -0.05) is 36.4 Å². The highest BCUT2D eigenvalue weighted by Crippen LogP contribution is 2.29. The highest BCUT2D eigenvalue weighted by atomic mass is 19.1. The zero-order valence-corrected chi connectivity index (χ0v) is 12.7. The molecule has 0 fully saturated rings. The Morgan fingerprint density at radius 3 is 2.33 bits per heavy atom. The molecule has 0 atom stereocenters. The second-order valence-electron chi connectivity index (χ2n) is 4.87. The fourth-order valence-corrected chi connectivity index (χ4v) is 2.24. The van der Waals surface area contributed by atoms with Crippen molar-refractivity contribution in [1.82, 2.24) is 0 Å². The van der Waals surface area contributed by atoms with Crippen LogP contribution in [0.1, 0.15) is 21.5 Å². The van der Waals surface area contributed by atoms with Crippen LogP contribution < -0.4 is 0 Å². The first-order valence-corrected chi connectivity index (χ1v) is 7.05. The van der Waals surface area contributed by atoms with Gasteiger partial charge in [-0.3, -0.25) is 0 Å². The van der Waals surface area contributed by atoms with E-state index in [0.717, 1.165) is 0 Å². The molecule has 0 unspecified atom stereocenters. The molecule has 1 heterocycles. The fraction of sp³-hybridized carbons (Fsp3) is 0.0556. The molecule has 3 rings (SSSR count). The maximum absolute atomic E-state index is 14.8. The van der Waals surface area contributed by atoms with Crippen molar-refractivity contribution >= 4 is 23.7 Å². The lowest BCUT2D eigenvalue weighted by Gasteiger charge is -2.05. The monoisotopic (exact) mass is 325 g/mol. The lowest BCUT2D eigenvalue weighted by molar-refractivity contribution is -0.130.